The number of para-hydroxylation sites is 1. The van der Waals surface area contributed by atoms with Gasteiger partial charge in [-0.15, -0.1) is 0 Å². The number of nitrogens with zero attached hydrogens (tertiary/aromatic N) is 1. The van der Waals surface area contributed by atoms with Crippen molar-refractivity contribution < 1.29 is 14.3 Å². The quantitative estimate of drug-likeness (QED) is 0.757. The molecule has 0 saturated carbocycles. The summed E-state index contributed by atoms with van der Waals surface area (Å²) in [6, 6.07) is 5.78. The molecule has 1 rings (SSSR count). The van der Waals surface area contributed by atoms with Gasteiger partial charge in [0.1, 0.15) is 0 Å². The first-order valence-electron chi connectivity index (χ1n) is 7.44. The van der Waals surface area contributed by atoms with E-state index in [1.165, 1.54) is 0 Å². The Morgan fingerprint density at radius 1 is 1.24 bits per heavy atom. The molecular formula is C16H26N2O3. The third-order valence-electron chi connectivity index (χ3n) is 3.27. The molecule has 0 aliphatic carbocycles. The van der Waals surface area contributed by atoms with Crippen LogP contribution in [0.15, 0.2) is 18.2 Å². The summed E-state index contributed by atoms with van der Waals surface area (Å²) in [5.74, 6) is 1.57. The predicted molar refractivity (Wildman–Crippen MR) is 83.8 cm³/mol. The Morgan fingerprint density at radius 2 is 1.95 bits per heavy atom. The number of rotatable bonds is 9. The lowest BCUT2D eigenvalue weighted by Gasteiger charge is -2.19. The maximum atomic E-state index is 11.9. The number of likely N-dealkylation sites (N-methyl/N-ethyl adjacent to an activating group) is 1. The molecule has 118 valence electrons. The van der Waals surface area contributed by atoms with Crippen LogP contribution in [0.3, 0.4) is 0 Å². The smallest absolute Gasteiger partial charge is 0.236 e. The van der Waals surface area contributed by atoms with Gasteiger partial charge >= 0.3 is 0 Å². The predicted octanol–water partition coefficient (Wildman–Crippen LogP) is 2.05. The Kier molecular flexibility index (Phi) is 7.61. The lowest BCUT2D eigenvalue weighted by Crippen LogP contribution is -2.37. The first-order valence-corrected chi connectivity index (χ1v) is 7.44. The van der Waals surface area contributed by atoms with Gasteiger partial charge in [0.25, 0.3) is 0 Å². The van der Waals surface area contributed by atoms with E-state index in [2.05, 4.69) is 5.32 Å². The number of hydrogen-bond acceptors (Lipinski definition) is 4. The highest BCUT2D eigenvalue weighted by Crippen LogP contribution is 2.30. The second-order valence-electron chi connectivity index (χ2n) is 4.55. The van der Waals surface area contributed by atoms with Crippen molar-refractivity contribution in [2.75, 3.05) is 33.4 Å². The van der Waals surface area contributed by atoms with Crippen molar-refractivity contribution in [3.05, 3.63) is 23.8 Å². The molecule has 0 atom stereocenters. The van der Waals surface area contributed by atoms with Crippen LogP contribution in [-0.4, -0.2) is 44.2 Å². The molecule has 1 amide bonds. The van der Waals surface area contributed by atoms with E-state index in [9.17, 15) is 4.79 Å². The van der Waals surface area contributed by atoms with Gasteiger partial charge < -0.3 is 19.7 Å². The second kappa shape index (κ2) is 9.23. The fourth-order valence-corrected chi connectivity index (χ4v) is 2.19. The van der Waals surface area contributed by atoms with Gasteiger partial charge in [-0.3, -0.25) is 4.79 Å². The lowest BCUT2D eigenvalue weighted by molar-refractivity contribution is -0.129. The molecule has 0 bridgehead atoms. The molecule has 0 unspecified atom stereocenters. The molecular weight excluding hydrogens is 268 g/mol. The van der Waals surface area contributed by atoms with Gasteiger partial charge in [-0.25, -0.2) is 0 Å². The SMILES string of the molecule is CCOc1cccc(CNCC(=O)N(CC)CC)c1OC. The van der Waals surface area contributed by atoms with Gasteiger partial charge in [0.15, 0.2) is 11.5 Å². The zero-order valence-electron chi connectivity index (χ0n) is 13.4. The summed E-state index contributed by atoms with van der Waals surface area (Å²) in [6.07, 6.45) is 0. The van der Waals surface area contributed by atoms with Crippen molar-refractivity contribution >= 4 is 5.91 Å². The van der Waals surface area contributed by atoms with Crippen molar-refractivity contribution in [2.45, 2.75) is 27.3 Å². The molecule has 1 N–H and O–H groups in total. The average Bonchev–Trinajstić information content (AvgIpc) is 2.49. The minimum absolute atomic E-state index is 0.111. The van der Waals surface area contributed by atoms with Crippen LogP contribution in [0.5, 0.6) is 11.5 Å². The van der Waals surface area contributed by atoms with Crippen LogP contribution >= 0.6 is 0 Å². The molecule has 0 aliphatic rings. The number of carbonyl (C=O) groups excluding carboxylic acids is 1. The van der Waals surface area contributed by atoms with Gasteiger partial charge in [-0.05, 0) is 26.8 Å². The normalized spacial score (nSPS) is 10.3. The highest BCUT2D eigenvalue weighted by molar-refractivity contribution is 5.78. The number of hydrogen-bond donors (Lipinski definition) is 1. The van der Waals surface area contributed by atoms with Crippen LogP contribution in [-0.2, 0) is 11.3 Å². The van der Waals surface area contributed by atoms with Gasteiger partial charge in [-0.2, -0.15) is 0 Å². The summed E-state index contributed by atoms with van der Waals surface area (Å²) < 4.78 is 11.0. The molecule has 21 heavy (non-hydrogen) atoms. The van der Waals surface area contributed by atoms with Gasteiger partial charge in [0.2, 0.25) is 5.91 Å². The Hall–Kier alpha value is -1.75. The topological polar surface area (TPSA) is 50.8 Å². The number of nitrogens with one attached hydrogen (secondary N) is 1. The van der Waals surface area contributed by atoms with Gasteiger partial charge in [0.05, 0.1) is 20.3 Å². The van der Waals surface area contributed by atoms with Crippen LogP contribution < -0.4 is 14.8 Å². The minimum Gasteiger partial charge on any atom is -0.493 e. The van der Waals surface area contributed by atoms with E-state index in [0.29, 0.717) is 19.7 Å². The summed E-state index contributed by atoms with van der Waals surface area (Å²) in [5.41, 5.74) is 0.982. The van der Waals surface area contributed by atoms with Crippen LogP contribution in [0.2, 0.25) is 0 Å². The molecule has 5 heteroatoms. The van der Waals surface area contributed by atoms with Gasteiger partial charge in [0, 0.05) is 25.2 Å². The van der Waals surface area contributed by atoms with Gasteiger partial charge in [-0.1, -0.05) is 12.1 Å². The Labute approximate surface area is 127 Å². The fraction of sp³-hybridized carbons (Fsp3) is 0.562. The van der Waals surface area contributed by atoms with Crippen molar-refractivity contribution in [3.8, 4) is 11.5 Å². The highest BCUT2D eigenvalue weighted by Gasteiger charge is 2.12. The number of methoxy groups -OCH3 is 1. The van der Waals surface area contributed by atoms with Crippen molar-refractivity contribution in [2.24, 2.45) is 0 Å². The van der Waals surface area contributed by atoms with E-state index in [1.54, 1.807) is 12.0 Å². The molecule has 0 saturated heterocycles. The molecule has 0 heterocycles. The third-order valence-corrected chi connectivity index (χ3v) is 3.27. The zero-order valence-corrected chi connectivity index (χ0v) is 13.4. The fourth-order valence-electron chi connectivity index (χ4n) is 2.19. The first kappa shape index (κ1) is 17.3. The monoisotopic (exact) mass is 294 g/mol. The molecule has 1 aromatic rings. The molecule has 0 radical (unpaired) electrons. The number of carbonyl (C=O) groups is 1. The maximum absolute atomic E-state index is 11.9. The summed E-state index contributed by atoms with van der Waals surface area (Å²) in [5, 5.41) is 3.17. The largest absolute Gasteiger partial charge is 0.493 e. The van der Waals surface area contributed by atoms with Crippen molar-refractivity contribution in [1.29, 1.82) is 0 Å². The van der Waals surface area contributed by atoms with Crippen LogP contribution in [0.4, 0.5) is 0 Å². The maximum Gasteiger partial charge on any atom is 0.236 e. The minimum atomic E-state index is 0.111. The average molecular weight is 294 g/mol. The molecule has 1 aromatic carbocycles. The van der Waals surface area contributed by atoms with E-state index in [0.717, 1.165) is 30.2 Å². The van der Waals surface area contributed by atoms with E-state index >= 15 is 0 Å². The van der Waals surface area contributed by atoms with Crippen molar-refractivity contribution in [3.63, 3.8) is 0 Å². The molecule has 0 aromatic heterocycles. The lowest BCUT2D eigenvalue weighted by atomic mass is 10.2. The van der Waals surface area contributed by atoms with E-state index in [4.69, 9.17) is 9.47 Å². The van der Waals surface area contributed by atoms with E-state index in [-0.39, 0.29) is 5.91 Å². The summed E-state index contributed by atoms with van der Waals surface area (Å²) >= 11 is 0. The number of amides is 1. The molecule has 0 aliphatic heterocycles. The Morgan fingerprint density at radius 3 is 2.52 bits per heavy atom. The Balaban J connectivity index is 2.63. The summed E-state index contributed by atoms with van der Waals surface area (Å²) in [6.45, 7) is 8.86. The molecule has 5 nitrogen and oxygen atoms in total. The number of benzene rings is 1. The molecule has 0 fully saturated rings. The second-order valence-corrected chi connectivity index (χ2v) is 4.55. The third kappa shape index (κ3) is 4.93. The highest BCUT2D eigenvalue weighted by atomic mass is 16.5. The van der Waals surface area contributed by atoms with Crippen LogP contribution in [0.25, 0.3) is 0 Å². The molecule has 0 spiro atoms. The zero-order chi connectivity index (χ0) is 15.7. The summed E-state index contributed by atoms with van der Waals surface area (Å²) in [7, 11) is 1.63. The van der Waals surface area contributed by atoms with Crippen LogP contribution in [0, 0.1) is 0 Å². The standard InChI is InChI=1S/C16H26N2O3/c1-5-18(6-2)15(19)12-17-11-13-9-8-10-14(21-7-3)16(13)20-4/h8-10,17H,5-7,11-12H2,1-4H3. The Bertz CT molecular complexity index is 445. The van der Waals surface area contributed by atoms with Crippen molar-refractivity contribution in [1.82, 2.24) is 10.2 Å². The van der Waals surface area contributed by atoms with Crippen LogP contribution in [0.1, 0.15) is 26.3 Å². The number of ether oxygens (including phenoxy) is 2. The summed E-state index contributed by atoms with van der Waals surface area (Å²) in [4.78, 5) is 13.7. The van der Waals surface area contributed by atoms with E-state index in [1.807, 2.05) is 39.0 Å². The first-order chi connectivity index (χ1) is 10.2. The van der Waals surface area contributed by atoms with E-state index < -0.39 is 0 Å².